The van der Waals surface area contributed by atoms with Crippen LogP contribution in [-0.4, -0.2) is 40.5 Å². The molecule has 3 N–H and O–H groups in total. The van der Waals surface area contributed by atoms with E-state index in [4.69, 9.17) is 10.8 Å². The smallest absolute Gasteiger partial charge is 0.308 e. The number of hydrogen-bond donors (Lipinski definition) is 2. The van der Waals surface area contributed by atoms with Crippen molar-refractivity contribution in [2.24, 2.45) is 11.7 Å². The van der Waals surface area contributed by atoms with Crippen molar-refractivity contribution >= 4 is 11.9 Å². The van der Waals surface area contributed by atoms with E-state index in [1.54, 1.807) is 11.8 Å². The number of hydrogen-bond acceptors (Lipinski definition) is 3. The van der Waals surface area contributed by atoms with E-state index >= 15 is 0 Å². The Morgan fingerprint density at radius 1 is 1.40 bits per heavy atom. The normalized spacial score (nSPS) is 23.6. The number of likely N-dealkylation sites (tertiary alicyclic amines) is 1. The molecule has 108 valence electrons. The van der Waals surface area contributed by atoms with Crippen LogP contribution in [0.4, 0.5) is 0 Å². The molecule has 0 spiro atoms. The molecule has 0 bridgehead atoms. The molecule has 0 aliphatic carbocycles. The van der Waals surface area contributed by atoms with E-state index in [1.165, 1.54) is 0 Å². The molecule has 0 aromatic heterocycles. The first-order chi connectivity index (χ1) is 9.50. The molecule has 20 heavy (non-hydrogen) atoms. The van der Waals surface area contributed by atoms with Gasteiger partial charge in [0.1, 0.15) is 0 Å². The molecule has 0 radical (unpaired) electrons. The van der Waals surface area contributed by atoms with Crippen LogP contribution in [0.15, 0.2) is 30.3 Å². The molecule has 2 unspecified atom stereocenters. The van der Waals surface area contributed by atoms with Crippen molar-refractivity contribution in [3.8, 4) is 0 Å². The topological polar surface area (TPSA) is 83.6 Å². The lowest BCUT2D eigenvalue weighted by atomic mass is 10.0. The molecule has 2 rings (SSSR count). The predicted molar refractivity (Wildman–Crippen MR) is 75.0 cm³/mol. The maximum atomic E-state index is 12.3. The molecule has 1 saturated heterocycles. The summed E-state index contributed by atoms with van der Waals surface area (Å²) in [5.74, 6) is -1.49. The van der Waals surface area contributed by atoms with Crippen LogP contribution in [-0.2, 0) is 16.0 Å². The highest BCUT2D eigenvalue weighted by Gasteiger charge is 2.39. The molecule has 1 fully saturated rings. The van der Waals surface area contributed by atoms with Crippen LogP contribution < -0.4 is 5.73 Å². The number of carboxylic acids is 1. The average Bonchev–Trinajstić information content (AvgIpc) is 2.81. The monoisotopic (exact) mass is 276 g/mol. The van der Waals surface area contributed by atoms with Crippen molar-refractivity contribution in [1.29, 1.82) is 0 Å². The van der Waals surface area contributed by atoms with E-state index in [2.05, 4.69) is 0 Å². The van der Waals surface area contributed by atoms with Gasteiger partial charge in [-0.05, 0) is 25.3 Å². The van der Waals surface area contributed by atoms with Crippen LogP contribution in [0.1, 0.15) is 18.9 Å². The van der Waals surface area contributed by atoms with Crippen LogP contribution >= 0.6 is 0 Å². The minimum atomic E-state index is -0.843. The van der Waals surface area contributed by atoms with Crippen molar-refractivity contribution in [2.45, 2.75) is 31.8 Å². The number of amides is 1. The van der Waals surface area contributed by atoms with Crippen molar-refractivity contribution in [2.75, 3.05) is 6.54 Å². The van der Waals surface area contributed by atoms with Gasteiger partial charge >= 0.3 is 5.97 Å². The molecule has 1 amide bonds. The number of rotatable bonds is 4. The standard InChI is InChI=1S/C15H20N2O3/c1-10-12(15(19)20)7-8-17(10)14(18)13(16)9-11-5-3-2-4-6-11/h2-6,10,12-13H,7-9,16H2,1H3,(H,19,20)/t10?,12?,13-/m1/s1. The van der Waals surface area contributed by atoms with E-state index in [0.29, 0.717) is 19.4 Å². The minimum Gasteiger partial charge on any atom is -0.481 e. The summed E-state index contributed by atoms with van der Waals surface area (Å²) in [5.41, 5.74) is 6.98. The number of carbonyl (C=O) groups excluding carboxylic acids is 1. The number of nitrogens with zero attached hydrogens (tertiary/aromatic N) is 1. The van der Waals surface area contributed by atoms with Crippen LogP contribution in [0.5, 0.6) is 0 Å². The number of aliphatic carboxylic acids is 1. The number of nitrogens with two attached hydrogens (primary N) is 1. The van der Waals surface area contributed by atoms with Crippen LogP contribution in [0, 0.1) is 5.92 Å². The van der Waals surface area contributed by atoms with Crippen molar-refractivity contribution < 1.29 is 14.7 Å². The quantitative estimate of drug-likeness (QED) is 0.855. The number of carboxylic acid groups (broad SMARTS) is 1. The third-order valence-electron chi connectivity index (χ3n) is 3.97. The Balaban J connectivity index is 1.99. The third-order valence-corrected chi connectivity index (χ3v) is 3.97. The summed E-state index contributed by atoms with van der Waals surface area (Å²) in [4.78, 5) is 25.0. The Kier molecular flexibility index (Phi) is 4.39. The van der Waals surface area contributed by atoms with Gasteiger partial charge in [-0.1, -0.05) is 30.3 Å². The fourth-order valence-electron chi connectivity index (χ4n) is 2.75. The maximum absolute atomic E-state index is 12.3. The van der Waals surface area contributed by atoms with E-state index < -0.39 is 17.9 Å². The van der Waals surface area contributed by atoms with E-state index in [0.717, 1.165) is 5.56 Å². The molecular formula is C15H20N2O3. The fraction of sp³-hybridized carbons (Fsp3) is 0.467. The first-order valence-electron chi connectivity index (χ1n) is 6.83. The fourth-order valence-corrected chi connectivity index (χ4v) is 2.75. The van der Waals surface area contributed by atoms with Gasteiger partial charge in [0.05, 0.1) is 12.0 Å². The SMILES string of the molecule is CC1C(C(=O)O)CCN1C(=O)[C@H](N)Cc1ccccc1. The molecule has 5 heteroatoms. The first-order valence-corrected chi connectivity index (χ1v) is 6.83. The summed E-state index contributed by atoms with van der Waals surface area (Å²) in [7, 11) is 0. The Bertz CT molecular complexity index is 489. The van der Waals surface area contributed by atoms with E-state index in [-0.39, 0.29) is 11.9 Å². The second-order valence-electron chi connectivity index (χ2n) is 5.30. The highest BCUT2D eigenvalue weighted by molar-refractivity contribution is 5.84. The Labute approximate surface area is 118 Å². The van der Waals surface area contributed by atoms with Gasteiger partial charge in [0.2, 0.25) is 5.91 Å². The number of benzene rings is 1. The molecule has 0 saturated carbocycles. The summed E-state index contributed by atoms with van der Waals surface area (Å²) >= 11 is 0. The Morgan fingerprint density at radius 2 is 2.05 bits per heavy atom. The third kappa shape index (κ3) is 2.99. The van der Waals surface area contributed by atoms with Gasteiger partial charge in [-0.3, -0.25) is 9.59 Å². The van der Waals surface area contributed by atoms with E-state index in [9.17, 15) is 9.59 Å². The maximum Gasteiger partial charge on any atom is 0.308 e. The molecule has 1 aromatic carbocycles. The summed E-state index contributed by atoms with van der Waals surface area (Å²) in [6.07, 6.45) is 0.973. The second kappa shape index (κ2) is 6.05. The first kappa shape index (κ1) is 14.5. The van der Waals surface area contributed by atoms with Gasteiger partial charge in [0.15, 0.2) is 0 Å². The average molecular weight is 276 g/mol. The van der Waals surface area contributed by atoms with Gasteiger partial charge in [0.25, 0.3) is 0 Å². The van der Waals surface area contributed by atoms with Crippen LogP contribution in [0.25, 0.3) is 0 Å². The van der Waals surface area contributed by atoms with Crippen molar-refractivity contribution in [3.63, 3.8) is 0 Å². The zero-order valence-corrected chi connectivity index (χ0v) is 11.5. The largest absolute Gasteiger partial charge is 0.481 e. The molecule has 1 heterocycles. The van der Waals surface area contributed by atoms with Gasteiger partial charge < -0.3 is 15.7 Å². The van der Waals surface area contributed by atoms with Gasteiger partial charge in [-0.25, -0.2) is 0 Å². The van der Waals surface area contributed by atoms with Gasteiger partial charge in [-0.2, -0.15) is 0 Å². The predicted octanol–water partition coefficient (Wildman–Crippen LogP) is 0.878. The Morgan fingerprint density at radius 3 is 2.60 bits per heavy atom. The second-order valence-corrected chi connectivity index (χ2v) is 5.30. The van der Waals surface area contributed by atoms with Crippen molar-refractivity contribution in [3.05, 3.63) is 35.9 Å². The number of carbonyl (C=O) groups is 2. The molecule has 1 aliphatic heterocycles. The van der Waals surface area contributed by atoms with Crippen LogP contribution in [0.2, 0.25) is 0 Å². The molecular weight excluding hydrogens is 256 g/mol. The highest BCUT2D eigenvalue weighted by atomic mass is 16.4. The summed E-state index contributed by atoms with van der Waals surface area (Å²) < 4.78 is 0. The minimum absolute atomic E-state index is 0.162. The lowest BCUT2D eigenvalue weighted by molar-refractivity contribution is -0.143. The molecule has 5 nitrogen and oxygen atoms in total. The zero-order chi connectivity index (χ0) is 14.7. The van der Waals surface area contributed by atoms with Gasteiger partial charge in [-0.15, -0.1) is 0 Å². The molecule has 1 aliphatic rings. The van der Waals surface area contributed by atoms with E-state index in [1.807, 2.05) is 30.3 Å². The molecule has 3 atom stereocenters. The summed E-state index contributed by atoms with van der Waals surface area (Å²) in [5, 5.41) is 9.09. The lowest BCUT2D eigenvalue weighted by Gasteiger charge is -2.26. The zero-order valence-electron chi connectivity index (χ0n) is 11.5. The Hall–Kier alpha value is -1.88. The summed E-state index contributed by atoms with van der Waals surface area (Å²) in [6, 6.07) is 8.68. The van der Waals surface area contributed by atoms with Gasteiger partial charge in [0, 0.05) is 12.6 Å². The highest BCUT2D eigenvalue weighted by Crippen LogP contribution is 2.25. The lowest BCUT2D eigenvalue weighted by Crippen LogP contribution is -2.47. The van der Waals surface area contributed by atoms with Crippen LogP contribution in [0.3, 0.4) is 0 Å². The molecule has 1 aromatic rings. The van der Waals surface area contributed by atoms with Crippen molar-refractivity contribution in [1.82, 2.24) is 4.90 Å². The summed E-state index contributed by atoms with van der Waals surface area (Å²) in [6.45, 7) is 2.25.